The van der Waals surface area contributed by atoms with Crippen LogP contribution in [0.1, 0.15) is 16.1 Å². The average molecular weight is 352 g/mol. The van der Waals surface area contributed by atoms with Gasteiger partial charge in [0.1, 0.15) is 11.6 Å². The summed E-state index contributed by atoms with van der Waals surface area (Å²) in [7, 11) is 0. The highest BCUT2D eigenvalue weighted by Crippen LogP contribution is 2.38. The highest BCUT2D eigenvalue weighted by Gasteiger charge is 2.20. The molecule has 0 radical (unpaired) electrons. The van der Waals surface area contributed by atoms with Crippen LogP contribution in [0.5, 0.6) is 11.5 Å². The number of ether oxygens (including phenoxy) is 1. The SMILES string of the molecule is Cc1ccccc1-c1cc(O)c2c(c1)CN(Cc1nccs1)CCO2. The molecule has 25 heavy (non-hydrogen) atoms. The van der Waals surface area contributed by atoms with Crippen molar-refractivity contribution in [1.82, 2.24) is 9.88 Å². The number of thiazole rings is 1. The van der Waals surface area contributed by atoms with Gasteiger partial charge in [0.25, 0.3) is 0 Å². The molecule has 0 unspecified atom stereocenters. The molecule has 0 aliphatic carbocycles. The molecule has 1 N–H and O–H groups in total. The quantitative estimate of drug-likeness (QED) is 0.767. The summed E-state index contributed by atoms with van der Waals surface area (Å²) in [6.07, 6.45) is 1.84. The molecule has 3 aromatic rings. The Balaban J connectivity index is 1.68. The maximum Gasteiger partial charge on any atom is 0.165 e. The van der Waals surface area contributed by atoms with Crippen molar-refractivity contribution in [3.8, 4) is 22.6 Å². The number of phenols is 1. The Bertz CT molecular complexity index is 877. The van der Waals surface area contributed by atoms with Crippen LogP contribution in [0.4, 0.5) is 0 Å². The normalized spacial score (nSPS) is 14.6. The molecule has 2 heterocycles. The molecule has 1 aliphatic rings. The van der Waals surface area contributed by atoms with Gasteiger partial charge in [-0.2, -0.15) is 0 Å². The van der Waals surface area contributed by atoms with Crippen LogP contribution in [0.25, 0.3) is 11.1 Å². The molecule has 0 amide bonds. The van der Waals surface area contributed by atoms with Gasteiger partial charge in [0.2, 0.25) is 0 Å². The predicted molar refractivity (Wildman–Crippen MR) is 100 cm³/mol. The van der Waals surface area contributed by atoms with Crippen LogP contribution in [0.3, 0.4) is 0 Å². The van der Waals surface area contributed by atoms with E-state index >= 15 is 0 Å². The largest absolute Gasteiger partial charge is 0.504 e. The summed E-state index contributed by atoms with van der Waals surface area (Å²) in [5.74, 6) is 0.825. The van der Waals surface area contributed by atoms with Crippen molar-refractivity contribution in [2.24, 2.45) is 0 Å². The van der Waals surface area contributed by atoms with Crippen molar-refractivity contribution in [3.05, 3.63) is 64.1 Å². The van der Waals surface area contributed by atoms with Crippen molar-refractivity contribution in [1.29, 1.82) is 0 Å². The molecule has 0 atom stereocenters. The highest BCUT2D eigenvalue weighted by molar-refractivity contribution is 7.09. The predicted octanol–water partition coefficient (Wildman–Crippen LogP) is 4.22. The zero-order valence-corrected chi connectivity index (χ0v) is 14.9. The molecule has 1 aliphatic heterocycles. The number of aryl methyl sites for hydroxylation is 1. The zero-order chi connectivity index (χ0) is 17.2. The number of benzene rings is 2. The Hall–Kier alpha value is -2.37. The van der Waals surface area contributed by atoms with E-state index in [9.17, 15) is 5.11 Å². The first-order valence-corrected chi connectivity index (χ1v) is 9.24. The third-order valence-electron chi connectivity index (χ3n) is 4.49. The second-order valence-electron chi connectivity index (χ2n) is 6.28. The van der Waals surface area contributed by atoms with E-state index < -0.39 is 0 Å². The monoisotopic (exact) mass is 352 g/mol. The van der Waals surface area contributed by atoms with Gasteiger partial charge in [0.15, 0.2) is 11.5 Å². The molecule has 128 valence electrons. The molecule has 4 nitrogen and oxygen atoms in total. The molecular formula is C20H20N2O2S. The van der Waals surface area contributed by atoms with Crippen molar-refractivity contribution >= 4 is 11.3 Å². The van der Waals surface area contributed by atoms with Gasteiger partial charge in [-0.05, 0) is 35.7 Å². The van der Waals surface area contributed by atoms with E-state index in [0.717, 1.165) is 41.3 Å². The van der Waals surface area contributed by atoms with Gasteiger partial charge in [-0.15, -0.1) is 11.3 Å². The summed E-state index contributed by atoms with van der Waals surface area (Å²) in [6.45, 7) is 5.00. The Morgan fingerprint density at radius 2 is 2.16 bits per heavy atom. The lowest BCUT2D eigenvalue weighted by Crippen LogP contribution is -2.25. The van der Waals surface area contributed by atoms with Crippen molar-refractivity contribution in [3.63, 3.8) is 0 Å². The van der Waals surface area contributed by atoms with Gasteiger partial charge in [0.05, 0.1) is 6.54 Å². The first-order valence-electron chi connectivity index (χ1n) is 8.36. The number of hydrogen-bond donors (Lipinski definition) is 1. The Morgan fingerprint density at radius 3 is 2.96 bits per heavy atom. The standard InChI is InChI=1S/C20H20N2O2S/c1-14-4-2-3-5-17(14)15-10-16-12-22(13-19-21-6-9-25-19)7-8-24-20(16)18(23)11-15/h2-6,9-11,23H,7-8,12-13H2,1H3. The van der Waals surface area contributed by atoms with Crippen molar-refractivity contribution in [2.75, 3.05) is 13.2 Å². The van der Waals surface area contributed by atoms with Gasteiger partial charge in [-0.1, -0.05) is 24.3 Å². The number of aromatic hydroxyl groups is 1. The van der Waals surface area contributed by atoms with E-state index in [4.69, 9.17) is 4.74 Å². The number of rotatable bonds is 3. The molecule has 0 fully saturated rings. The van der Waals surface area contributed by atoms with E-state index in [2.05, 4.69) is 35.0 Å². The number of hydrogen-bond acceptors (Lipinski definition) is 5. The van der Waals surface area contributed by atoms with Gasteiger partial charge < -0.3 is 9.84 Å². The summed E-state index contributed by atoms with van der Waals surface area (Å²) >= 11 is 1.67. The topological polar surface area (TPSA) is 45.6 Å². The number of fused-ring (bicyclic) bond motifs is 1. The van der Waals surface area contributed by atoms with Crippen LogP contribution in [0, 0.1) is 6.92 Å². The van der Waals surface area contributed by atoms with Crippen molar-refractivity contribution in [2.45, 2.75) is 20.0 Å². The van der Waals surface area contributed by atoms with E-state index in [1.165, 1.54) is 5.56 Å². The molecule has 0 saturated heterocycles. The smallest absolute Gasteiger partial charge is 0.165 e. The summed E-state index contributed by atoms with van der Waals surface area (Å²) < 4.78 is 5.84. The van der Waals surface area contributed by atoms with Crippen LogP contribution < -0.4 is 4.74 Å². The van der Waals surface area contributed by atoms with Gasteiger partial charge >= 0.3 is 0 Å². The van der Waals surface area contributed by atoms with Crippen LogP contribution in [0.2, 0.25) is 0 Å². The third kappa shape index (κ3) is 3.38. The fraction of sp³-hybridized carbons (Fsp3) is 0.250. The van der Waals surface area contributed by atoms with Gasteiger partial charge in [-0.25, -0.2) is 4.98 Å². The Morgan fingerprint density at radius 1 is 1.28 bits per heavy atom. The summed E-state index contributed by atoms with van der Waals surface area (Å²) in [6, 6.07) is 12.2. The third-order valence-corrected chi connectivity index (χ3v) is 5.26. The molecule has 1 aromatic heterocycles. The molecule has 5 heteroatoms. The molecule has 4 rings (SSSR count). The van der Waals surface area contributed by atoms with Crippen LogP contribution in [0.15, 0.2) is 48.0 Å². The summed E-state index contributed by atoms with van der Waals surface area (Å²) in [5, 5.41) is 13.6. The van der Waals surface area contributed by atoms with Crippen LogP contribution in [-0.4, -0.2) is 28.1 Å². The van der Waals surface area contributed by atoms with E-state index in [1.807, 2.05) is 23.7 Å². The summed E-state index contributed by atoms with van der Waals surface area (Å²) in [5.41, 5.74) is 4.37. The molecule has 0 saturated carbocycles. The lowest BCUT2D eigenvalue weighted by molar-refractivity contribution is 0.217. The van der Waals surface area contributed by atoms with Gasteiger partial charge in [0, 0.05) is 30.2 Å². The second kappa shape index (κ2) is 6.86. The maximum atomic E-state index is 10.5. The van der Waals surface area contributed by atoms with E-state index in [1.54, 1.807) is 17.4 Å². The first-order chi connectivity index (χ1) is 12.2. The van der Waals surface area contributed by atoms with Crippen molar-refractivity contribution < 1.29 is 9.84 Å². The first kappa shape index (κ1) is 16.1. The average Bonchev–Trinajstić information content (AvgIpc) is 3.01. The maximum absolute atomic E-state index is 10.5. The highest BCUT2D eigenvalue weighted by atomic mass is 32.1. The van der Waals surface area contributed by atoms with Gasteiger partial charge in [-0.3, -0.25) is 4.90 Å². The van der Waals surface area contributed by atoms with E-state index in [-0.39, 0.29) is 5.75 Å². The minimum atomic E-state index is 0.215. The fourth-order valence-corrected chi connectivity index (χ4v) is 3.92. The Kier molecular flexibility index (Phi) is 4.42. The van der Waals surface area contributed by atoms with E-state index in [0.29, 0.717) is 12.4 Å². The van der Waals surface area contributed by atoms with Crippen LogP contribution in [-0.2, 0) is 13.1 Å². The lowest BCUT2D eigenvalue weighted by Gasteiger charge is -2.18. The van der Waals surface area contributed by atoms with Crippen LogP contribution >= 0.6 is 11.3 Å². The minimum Gasteiger partial charge on any atom is -0.504 e. The second-order valence-corrected chi connectivity index (χ2v) is 7.26. The summed E-state index contributed by atoms with van der Waals surface area (Å²) in [4.78, 5) is 6.69. The molecule has 0 bridgehead atoms. The molecule has 0 spiro atoms. The minimum absolute atomic E-state index is 0.215. The number of phenolic OH excluding ortho intramolecular Hbond substituents is 1. The lowest BCUT2D eigenvalue weighted by atomic mass is 9.98. The fourth-order valence-electron chi connectivity index (χ4n) is 3.26. The number of nitrogens with zero attached hydrogens (tertiary/aromatic N) is 2. The molecule has 2 aromatic carbocycles. The molecular weight excluding hydrogens is 332 g/mol. The number of aromatic nitrogens is 1. The zero-order valence-electron chi connectivity index (χ0n) is 14.1. The Labute approximate surface area is 151 Å².